The molecule has 1 atom stereocenters. The lowest BCUT2D eigenvalue weighted by atomic mass is 10.1. The van der Waals surface area contributed by atoms with E-state index in [1.54, 1.807) is 54.6 Å². The van der Waals surface area contributed by atoms with Crippen LogP contribution in [0, 0.1) is 10.1 Å². The summed E-state index contributed by atoms with van der Waals surface area (Å²) < 4.78 is 11.0. The topological polar surface area (TPSA) is 108 Å². The third kappa shape index (κ3) is 5.00. The number of nitrogens with one attached hydrogen (secondary N) is 1. The fourth-order valence-electron chi connectivity index (χ4n) is 2.65. The maximum absolute atomic E-state index is 13.0. The van der Waals surface area contributed by atoms with Gasteiger partial charge in [-0.3, -0.25) is 14.9 Å². The first kappa shape index (κ1) is 21.0. The molecule has 0 saturated carbocycles. The number of para-hydroxylation sites is 2. The van der Waals surface area contributed by atoms with Gasteiger partial charge in [-0.1, -0.05) is 53.8 Å². The van der Waals surface area contributed by atoms with Crippen molar-refractivity contribution in [1.82, 2.24) is 0 Å². The Balaban J connectivity index is 1.85. The molecule has 9 heteroatoms. The number of benzene rings is 2. The number of thiophene rings is 1. The molecule has 2 aromatic carbocycles. The number of hydrogen-bond acceptors (Lipinski definition) is 7. The van der Waals surface area contributed by atoms with Crippen molar-refractivity contribution >= 4 is 33.9 Å². The van der Waals surface area contributed by atoms with Crippen molar-refractivity contribution in [3.05, 3.63) is 87.3 Å². The molecule has 1 amide bonds. The Morgan fingerprint density at radius 3 is 2.43 bits per heavy atom. The van der Waals surface area contributed by atoms with Gasteiger partial charge in [0.15, 0.2) is 0 Å². The fraction of sp³-hybridized carbons (Fsp3) is 0.143. The van der Waals surface area contributed by atoms with Crippen LogP contribution >= 0.6 is 11.3 Å². The second-order valence-electron chi connectivity index (χ2n) is 6.01. The zero-order chi connectivity index (χ0) is 21.5. The maximum atomic E-state index is 13.0. The quantitative estimate of drug-likeness (QED) is 0.321. The van der Waals surface area contributed by atoms with Crippen LogP contribution in [0.5, 0.6) is 5.75 Å². The first-order chi connectivity index (χ1) is 14.5. The Labute approximate surface area is 176 Å². The van der Waals surface area contributed by atoms with Crippen LogP contribution in [0.25, 0.3) is 0 Å². The summed E-state index contributed by atoms with van der Waals surface area (Å²) in [6.45, 7) is 2.24. The largest absolute Gasteiger partial charge is 0.492 e. The number of carbonyl (C=O) groups is 2. The molecule has 0 saturated heterocycles. The third-order valence-corrected chi connectivity index (χ3v) is 5.00. The smallest absolute Gasteiger partial charge is 0.349 e. The van der Waals surface area contributed by atoms with Crippen molar-refractivity contribution in [2.75, 3.05) is 11.9 Å². The zero-order valence-electron chi connectivity index (χ0n) is 15.9. The lowest BCUT2D eigenvalue weighted by molar-refractivity contribution is -0.380. The molecule has 0 spiro atoms. The molecular weight excluding hydrogens is 408 g/mol. The summed E-state index contributed by atoms with van der Waals surface area (Å²) in [5.74, 6) is -0.914. The van der Waals surface area contributed by atoms with Crippen LogP contribution in [-0.4, -0.2) is 23.4 Å². The summed E-state index contributed by atoms with van der Waals surface area (Å²) in [6, 6.07) is 17.9. The minimum absolute atomic E-state index is 0.0325. The standard InChI is InChI=1S/C21H18N2O6S/c1-2-28-16-11-7-6-10-15(16)22-20(24)19(14-8-4-3-5-9-14)29-21(25)17-12-13-18(30-17)23(26)27/h3-13,19H,2H2,1H3,(H,22,24). The molecule has 154 valence electrons. The summed E-state index contributed by atoms with van der Waals surface area (Å²) >= 11 is 0.686. The van der Waals surface area contributed by atoms with E-state index in [-0.39, 0.29) is 9.88 Å². The molecule has 1 N–H and O–H groups in total. The van der Waals surface area contributed by atoms with Gasteiger partial charge in [0.05, 0.1) is 17.2 Å². The number of amides is 1. The van der Waals surface area contributed by atoms with Gasteiger partial charge in [-0.05, 0) is 25.1 Å². The van der Waals surface area contributed by atoms with Gasteiger partial charge in [-0.2, -0.15) is 0 Å². The number of nitro groups is 1. The summed E-state index contributed by atoms with van der Waals surface area (Å²) in [5, 5.41) is 13.4. The second-order valence-corrected chi connectivity index (χ2v) is 7.07. The number of ether oxygens (including phenoxy) is 2. The van der Waals surface area contributed by atoms with E-state index in [0.29, 0.717) is 34.9 Å². The van der Waals surface area contributed by atoms with Gasteiger partial charge in [0.1, 0.15) is 10.6 Å². The van der Waals surface area contributed by atoms with Crippen LogP contribution in [0.3, 0.4) is 0 Å². The Hall–Kier alpha value is -3.72. The highest BCUT2D eigenvalue weighted by molar-refractivity contribution is 7.17. The Kier molecular flexibility index (Phi) is 6.76. The van der Waals surface area contributed by atoms with Gasteiger partial charge in [-0.15, -0.1) is 0 Å². The highest BCUT2D eigenvalue weighted by Gasteiger charge is 2.28. The Bertz CT molecular complexity index is 1050. The van der Waals surface area contributed by atoms with Crippen molar-refractivity contribution in [1.29, 1.82) is 0 Å². The lowest BCUT2D eigenvalue weighted by Crippen LogP contribution is -2.26. The molecule has 30 heavy (non-hydrogen) atoms. The average molecular weight is 426 g/mol. The minimum atomic E-state index is -1.26. The number of carbonyl (C=O) groups excluding carboxylic acids is 2. The third-order valence-electron chi connectivity index (χ3n) is 3.98. The van der Waals surface area contributed by atoms with Gasteiger partial charge in [0.25, 0.3) is 5.91 Å². The summed E-state index contributed by atoms with van der Waals surface area (Å²) in [7, 11) is 0. The molecule has 0 radical (unpaired) electrons. The van der Waals surface area contributed by atoms with Crippen LogP contribution in [-0.2, 0) is 9.53 Å². The van der Waals surface area contributed by atoms with Gasteiger partial charge in [-0.25, -0.2) is 4.79 Å². The van der Waals surface area contributed by atoms with E-state index in [2.05, 4.69) is 5.32 Å². The van der Waals surface area contributed by atoms with Crippen LogP contribution in [0.4, 0.5) is 10.7 Å². The molecule has 3 aromatic rings. The predicted molar refractivity (Wildman–Crippen MR) is 112 cm³/mol. The van der Waals surface area contributed by atoms with Crippen molar-refractivity contribution < 1.29 is 24.0 Å². The fourth-order valence-corrected chi connectivity index (χ4v) is 3.35. The molecule has 0 bridgehead atoms. The van der Waals surface area contributed by atoms with Crippen LogP contribution in [0.1, 0.15) is 28.3 Å². The molecule has 1 heterocycles. The zero-order valence-corrected chi connectivity index (χ0v) is 16.8. The van der Waals surface area contributed by atoms with Crippen molar-refractivity contribution in [2.45, 2.75) is 13.0 Å². The monoisotopic (exact) mass is 426 g/mol. The van der Waals surface area contributed by atoms with E-state index < -0.39 is 22.9 Å². The molecule has 3 rings (SSSR count). The maximum Gasteiger partial charge on any atom is 0.349 e. The lowest BCUT2D eigenvalue weighted by Gasteiger charge is -2.19. The Morgan fingerprint density at radius 2 is 1.77 bits per heavy atom. The van der Waals surface area contributed by atoms with Crippen LogP contribution in [0.15, 0.2) is 66.7 Å². The summed E-state index contributed by atoms with van der Waals surface area (Å²) in [6.07, 6.45) is -1.26. The molecule has 1 aromatic heterocycles. The number of anilines is 1. The average Bonchev–Trinajstić information content (AvgIpc) is 3.25. The predicted octanol–water partition coefficient (Wildman–Crippen LogP) is 4.59. The summed E-state index contributed by atoms with van der Waals surface area (Å²) in [4.78, 5) is 35.9. The van der Waals surface area contributed by atoms with E-state index in [1.165, 1.54) is 12.1 Å². The van der Waals surface area contributed by atoms with Crippen molar-refractivity contribution in [3.8, 4) is 5.75 Å². The van der Waals surface area contributed by atoms with Crippen molar-refractivity contribution in [3.63, 3.8) is 0 Å². The molecule has 8 nitrogen and oxygen atoms in total. The molecule has 0 fully saturated rings. The number of nitrogens with zero attached hydrogens (tertiary/aromatic N) is 1. The van der Waals surface area contributed by atoms with Gasteiger partial charge in [0, 0.05) is 11.6 Å². The Morgan fingerprint density at radius 1 is 1.07 bits per heavy atom. The number of rotatable bonds is 8. The molecule has 0 aliphatic carbocycles. The number of hydrogen-bond donors (Lipinski definition) is 1. The van der Waals surface area contributed by atoms with E-state index in [0.717, 1.165) is 0 Å². The van der Waals surface area contributed by atoms with E-state index in [9.17, 15) is 19.7 Å². The molecule has 1 unspecified atom stereocenters. The van der Waals surface area contributed by atoms with Gasteiger partial charge < -0.3 is 14.8 Å². The minimum Gasteiger partial charge on any atom is -0.492 e. The normalized spacial score (nSPS) is 11.4. The number of esters is 1. The van der Waals surface area contributed by atoms with Crippen LogP contribution in [0.2, 0.25) is 0 Å². The molecule has 0 aliphatic heterocycles. The molecule has 0 aliphatic rings. The first-order valence-electron chi connectivity index (χ1n) is 9.02. The van der Waals surface area contributed by atoms with Gasteiger partial charge in [0.2, 0.25) is 6.10 Å². The SMILES string of the molecule is CCOc1ccccc1NC(=O)C(OC(=O)c1ccc([N+](=O)[O-])s1)c1ccccc1. The highest BCUT2D eigenvalue weighted by atomic mass is 32.1. The van der Waals surface area contributed by atoms with E-state index in [4.69, 9.17) is 9.47 Å². The van der Waals surface area contributed by atoms with E-state index in [1.807, 2.05) is 6.92 Å². The van der Waals surface area contributed by atoms with Gasteiger partial charge >= 0.3 is 11.0 Å². The van der Waals surface area contributed by atoms with E-state index >= 15 is 0 Å². The first-order valence-corrected chi connectivity index (χ1v) is 9.84. The van der Waals surface area contributed by atoms with Crippen LogP contribution < -0.4 is 10.1 Å². The molecular formula is C21H18N2O6S. The summed E-state index contributed by atoms with van der Waals surface area (Å²) in [5.41, 5.74) is 0.899. The second kappa shape index (κ2) is 9.66. The van der Waals surface area contributed by atoms with Crippen molar-refractivity contribution in [2.24, 2.45) is 0 Å². The highest BCUT2D eigenvalue weighted by Crippen LogP contribution is 2.29.